The number of amides is 1. The lowest BCUT2D eigenvalue weighted by Gasteiger charge is -2.26. The molecule has 5 nitrogen and oxygen atoms in total. The maximum atomic E-state index is 13.5. The molecule has 0 heterocycles. The third kappa shape index (κ3) is 4.44. The molecule has 0 radical (unpaired) electrons. The molecule has 1 atom stereocenters. The highest BCUT2D eigenvalue weighted by atomic mass is 19.1. The van der Waals surface area contributed by atoms with Crippen molar-refractivity contribution in [3.05, 3.63) is 29.6 Å². The topological polar surface area (TPSA) is 75.6 Å². The summed E-state index contributed by atoms with van der Waals surface area (Å²) in [6.45, 7) is 7.14. The van der Waals surface area contributed by atoms with Gasteiger partial charge in [-0.25, -0.2) is 9.18 Å². The third-order valence-electron chi connectivity index (χ3n) is 3.21. The monoisotopic (exact) mass is 297 g/mol. The lowest BCUT2D eigenvalue weighted by molar-refractivity contribution is -0.129. The van der Waals surface area contributed by atoms with Crippen LogP contribution in [-0.4, -0.2) is 28.6 Å². The number of hydrogen-bond acceptors (Lipinski definition) is 3. The maximum Gasteiger partial charge on any atom is 0.342 e. The standard InChI is InChI=1S/C15H20FNO4/c1-5-15(3,4)17-13(18)9(2)21-11-8-6-7-10(16)12(11)14(19)20/h6-9H,5H2,1-4H3,(H,17,18)(H,19,20). The van der Waals surface area contributed by atoms with Gasteiger partial charge in [0.15, 0.2) is 6.10 Å². The van der Waals surface area contributed by atoms with Crippen LogP contribution in [0.25, 0.3) is 0 Å². The van der Waals surface area contributed by atoms with E-state index in [1.54, 1.807) is 0 Å². The van der Waals surface area contributed by atoms with Crippen molar-refractivity contribution in [1.82, 2.24) is 5.32 Å². The summed E-state index contributed by atoms with van der Waals surface area (Å²) in [6, 6.07) is 3.68. The Balaban J connectivity index is 2.89. The van der Waals surface area contributed by atoms with Crippen molar-refractivity contribution in [2.45, 2.75) is 45.8 Å². The molecule has 1 amide bonds. The molecule has 0 saturated carbocycles. The number of carbonyl (C=O) groups excluding carboxylic acids is 1. The second-order valence-corrected chi connectivity index (χ2v) is 5.40. The predicted octanol–water partition coefficient (Wildman–Crippen LogP) is 2.60. The van der Waals surface area contributed by atoms with Gasteiger partial charge in [0.25, 0.3) is 5.91 Å². The zero-order chi connectivity index (χ0) is 16.2. The summed E-state index contributed by atoms with van der Waals surface area (Å²) in [6.07, 6.45) is -0.207. The Bertz CT molecular complexity index is 542. The first-order valence-electron chi connectivity index (χ1n) is 6.68. The van der Waals surface area contributed by atoms with Crippen LogP contribution in [0.3, 0.4) is 0 Å². The van der Waals surface area contributed by atoms with Gasteiger partial charge in [0.05, 0.1) is 0 Å². The van der Waals surface area contributed by atoms with Crippen molar-refractivity contribution in [2.75, 3.05) is 0 Å². The number of aromatic carboxylic acids is 1. The summed E-state index contributed by atoms with van der Waals surface area (Å²) in [5.41, 5.74) is -0.974. The summed E-state index contributed by atoms with van der Waals surface area (Å²) in [5.74, 6) is -2.90. The fraction of sp³-hybridized carbons (Fsp3) is 0.467. The van der Waals surface area contributed by atoms with E-state index in [2.05, 4.69) is 5.32 Å². The Hall–Kier alpha value is -2.11. The van der Waals surface area contributed by atoms with Crippen molar-refractivity contribution < 1.29 is 23.8 Å². The lowest BCUT2D eigenvalue weighted by Crippen LogP contribution is -2.48. The van der Waals surface area contributed by atoms with Gasteiger partial charge in [0, 0.05) is 5.54 Å². The second-order valence-electron chi connectivity index (χ2n) is 5.40. The minimum atomic E-state index is -1.44. The highest BCUT2D eigenvalue weighted by molar-refractivity contribution is 5.91. The summed E-state index contributed by atoms with van der Waals surface area (Å²) in [4.78, 5) is 23.1. The predicted molar refractivity (Wildman–Crippen MR) is 76.0 cm³/mol. The Morgan fingerprint density at radius 1 is 1.43 bits per heavy atom. The normalized spacial score (nSPS) is 12.6. The molecular weight excluding hydrogens is 277 g/mol. The molecule has 0 aromatic heterocycles. The Morgan fingerprint density at radius 3 is 2.57 bits per heavy atom. The van der Waals surface area contributed by atoms with E-state index in [4.69, 9.17) is 9.84 Å². The minimum Gasteiger partial charge on any atom is -0.480 e. The van der Waals surface area contributed by atoms with E-state index in [1.165, 1.54) is 19.1 Å². The van der Waals surface area contributed by atoms with Crippen LogP contribution in [0.5, 0.6) is 5.75 Å². The quantitative estimate of drug-likeness (QED) is 0.846. The number of hydrogen-bond donors (Lipinski definition) is 2. The number of rotatable bonds is 6. The van der Waals surface area contributed by atoms with Crippen LogP contribution in [0.1, 0.15) is 44.5 Å². The molecule has 1 aromatic carbocycles. The average molecular weight is 297 g/mol. The Morgan fingerprint density at radius 2 is 2.05 bits per heavy atom. The number of benzene rings is 1. The summed E-state index contributed by atoms with van der Waals surface area (Å²) >= 11 is 0. The molecule has 21 heavy (non-hydrogen) atoms. The highest BCUT2D eigenvalue weighted by Gasteiger charge is 2.25. The fourth-order valence-corrected chi connectivity index (χ4v) is 1.58. The van der Waals surface area contributed by atoms with Gasteiger partial charge in [-0.05, 0) is 39.3 Å². The van der Waals surface area contributed by atoms with Crippen molar-refractivity contribution in [3.63, 3.8) is 0 Å². The molecule has 0 saturated heterocycles. The van der Waals surface area contributed by atoms with Gasteiger partial charge in [0.2, 0.25) is 0 Å². The molecule has 1 rings (SSSR count). The number of ether oxygens (including phenoxy) is 1. The second kappa shape index (κ2) is 6.56. The fourth-order valence-electron chi connectivity index (χ4n) is 1.58. The molecule has 0 fully saturated rings. The van der Waals surface area contributed by atoms with E-state index in [-0.39, 0.29) is 11.7 Å². The number of carbonyl (C=O) groups is 2. The first kappa shape index (κ1) is 16.9. The zero-order valence-corrected chi connectivity index (χ0v) is 12.6. The molecule has 0 aliphatic heterocycles. The van der Waals surface area contributed by atoms with Crippen LogP contribution in [0.2, 0.25) is 0 Å². The van der Waals surface area contributed by atoms with Gasteiger partial charge in [-0.15, -0.1) is 0 Å². The smallest absolute Gasteiger partial charge is 0.342 e. The van der Waals surface area contributed by atoms with Gasteiger partial charge in [0.1, 0.15) is 17.1 Å². The van der Waals surface area contributed by atoms with Crippen LogP contribution in [0.15, 0.2) is 18.2 Å². The van der Waals surface area contributed by atoms with Crippen LogP contribution in [0, 0.1) is 5.82 Å². The van der Waals surface area contributed by atoms with Crippen LogP contribution >= 0.6 is 0 Å². The molecule has 0 bridgehead atoms. The zero-order valence-electron chi connectivity index (χ0n) is 12.6. The van der Waals surface area contributed by atoms with Gasteiger partial charge < -0.3 is 15.2 Å². The molecule has 0 aliphatic carbocycles. The minimum absolute atomic E-state index is 0.167. The largest absolute Gasteiger partial charge is 0.480 e. The molecule has 6 heteroatoms. The molecule has 1 aromatic rings. The first-order valence-corrected chi connectivity index (χ1v) is 6.68. The van der Waals surface area contributed by atoms with Crippen molar-refractivity contribution in [3.8, 4) is 5.75 Å². The third-order valence-corrected chi connectivity index (χ3v) is 3.21. The molecule has 1 unspecified atom stereocenters. The summed E-state index contributed by atoms with van der Waals surface area (Å²) < 4.78 is 18.8. The first-order chi connectivity index (χ1) is 9.68. The van der Waals surface area contributed by atoms with E-state index in [0.717, 1.165) is 12.5 Å². The summed E-state index contributed by atoms with van der Waals surface area (Å²) in [5, 5.41) is 11.8. The molecule has 0 aliphatic rings. The molecule has 116 valence electrons. The van der Waals surface area contributed by atoms with Crippen molar-refractivity contribution in [1.29, 1.82) is 0 Å². The van der Waals surface area contributed by atoms with Gasteiger partial charge >= 0.3 is 5.97 Å². The molecule has 2 N–H and O–H groups in total. The molecule has 0 spiro atoms. The van der Waals surface area contributed by atoms with Crippen LogP contribution in [-0.2, 0) is 4.79 Å². The van der Waals surface area contributed by atoms with Crippen molar-refractivity contribution in [2.24, 2.45) is 0 Å². The highest BCUT2D eigenvalue weighted by Crippen LogP contribution is 2.23. The Kier molecular flexibility index (Phi) is 5.29. The van der Waals surface area contributed by atoms with E-state index in [9.17, 15) is 14.0 Å². The average Bonchev–Trinajstić information content (AvgIpc) is 2.37. The SMILES string of the molecule is CCC(C)(C)NC(=O)C(C)Oc1cccc(F)c1C(=O)O. The van der Waals surface area contributed by atoms with E-state index in [0.29, 0.717) is 0 Å². The number of nitrogens with one attached hydrogen (secondary N) is 1. The van der Waals surface area contributed by atoms with E-state index < -0.39 is 29.0 Å². The number of halogens is 1. The Labute approximate surface area is 123 Å². The van der Waals surface area contributed by atoms with Gasteiger partial charge in [-0.1, -0.05) is 13.0 Å². The van der Waals surface area contributed by atoms with E-state index >= 15 is 0 Å². The summed E-state index contributed by atoms with van der Waals surface area (Å²) in [7, 11) is 0. The lowest BCUT2D eigenvalue weighted by atomic mass is 10.0. The maximum absolute atomic E-state index is 13.5. The van der Waals surface area contributed by atoms with Gasteiger partial charge in [-0.2, -0.15) is 0 Å². The number of carboxylic acids is 1. The molecular formula is C15H20FNO4. The van der Waals surface area contributed by atoms with Gasteiger partial charge in [-0.3, -0.25) is 4.79 Å². The van der Waals surface area contributed by atoms with Crippen LogP contribution < -0.4 is 10.1 Å². The number of carboxylic acid groups (broad SMARTS) is 1. The van der Waals surface area contributed by atoms with Crippen LogP contribution in [0.4, 0.5) is 4.39 Å². The van der Waals surface area contributed by atoms with E-state index in [1.807, 2.05) is 20.8 Å². The van der Waals surface area contributed by atoms with Crippen molar-refractivity contribution >= 4 is 11.9 Å².